The highest BCUT2D eigenvalue weighted by Gasteiger charge is 2.28. The number of aromatic nitrogens is 9. The number of guanidine groups is 1. The Morgan fingerprint density at radius 2 is 0.989 bits per heavy atom. The maximum Gasteiger partial charge on any atom is 0.244 e. The van der Waals surface area contributed by atoms with E-state index in [2.05, 4.69) is 85.0 Å². The topological polar surface area (TPSA) is 336 Å². The van der Waals surface area contributed by atoms with E-state index in [9.17, 15) is 19.2 Å². The minimum Gasteiger partial charge on any atom is -0.377 e. The van der Waals surface area contributed by atoms with Crippen molar-refractivity contribution in [2.45, 2.75) is 213 Å². The highest BCUT2D eigenvalue weighted by Crippen LogP contribution is 2.23. The smallest absolute Gasteiger partial charge is 0.244 e. The van der Waals surface area contributed by atoms with Crippen molar-refractivity contribution in [1.29, 1.82) is 0 Å². The normalized spacial score (nSPS) is 14.7. The van der Waals surface area contributed by atoms with Crippen molar-refractivity contribution in [3.05, 3.63) is 23.8 Å². The van der Waals surface area contributed by atoms with Gasteiger partial charge in [0.2, 0.25) is 41.5 Å². The van der Waals surface area contributed by atoms with Gasteiger partial charge in [-0.05, 0) is 89.0 Å². The van der Waals surface area contributed by atoms with E-state index in [0.29, 0.717) is 180 Å². The fraction of sp³-hybridized carbons (Fsp3) is 0.794. The molecule has 0 bridgehead atoms. The Kier molecular flexibility index (Phi) is 39.9. The van der Waals surface area contributed by atoms with Crippen molar-refractivity contribution in [2.24, 2.45) is 34.0 Å². The van der Waals surface area contributed by atoms with Gasteiger partial charge in [-0.15, -0.1) is 16.6 Å². The molecule has 9 N–H and O–H groups in total. The molecule has 2 aliphatic heterocycles. The van der Waals surface area contributed by atoms with Gasteiger partial charge in [0.15, 0.2) is 5.96 Å². The zero-order valence-corrected chi connectivity index (χ0v) is 58.4. The van der Waals surface area contributed by atoms with Gasteiger partial charge in [-0.25, -0.2) is 9.36 Å². The van der Waals surface area contributed by atoms with E-state index in [1.165, 1.54) is 0 Å². The Morgan fingerprint density at radius 3 is 1.43 bits per heavy atom. The third-order valence-corrected chi connectivity index (χ3v) is 17.9. The summed E-state index contributed by atoms with van der Waals surface area (Å²) in [5.74, 6) is 5.36. The summed E-state index contributed by atoms with van der Waals surface area (Å²) in [6.07, 6.45) is 34.2. The second kappa shape index (κ2) is 48.0. The molecule has 2 saturated heterocycles. The predicted molar refractivity (Wildman–Crippen MR) is 374 cm³/mol. The lowest BCUT2D eigenvalue weighted by atomic mass is 10.0. The van der Waals surface area contributed by atoms with Gasteiger partial charge in [-0.2, -0.15) is 15.0 Å². The zero-order valence-electron chi connectivity index (χ0n) is 58.4. The van der Waals surface area contributed by atoms with Crippen LogP contribution in [0.1, 0.15) is 212 Å². The number of carbonyl (C=O) groups excluding carboxylic acids is 4. The molecule has 0 saturated carbocycles. The van der Waals surface area contributed by atoms with Gasteiger partial charge in [-0.1, -0.05) is 134 Å². The summed E-state index contributed by atoms with van der Waals surface area (Å²) in [7, 11) is 0. The van der Waals surface area contributed by atoms with Crippen molar-refractivity contribution >= 4 is 47.4 Å². The molecule has 95 heavy (non-hydrogen) atoms. The zero-order chi connectivity index (χ0) is 68.1. The number of nitrogens with zero attached hydrogens (tertiary/aromatic N) is 14. The van der Waals surface area contributed by atoms with Crippen LogP contribution in [0, 0.1) is 24.2 Å². The molecular formula is C68H120N20O7. The van der Waals surface area contributed by atoms with Gasteiger partial charge in [0, 0.05) is 104 Å². The number of ether oxygens (including phenoxy) is 3. The summed E-state index contributed by atoms with van der Waals surface area (Å²) in [6, 6.07) is -0.844. The van der Waals surface area contributed by atoms with E-state index < -0.39 is 6.04 Å². The lowest BCUT2D eigenvalue weighted by Crippen LogP contribution is -2.50. The van der Waals surface area contributed by atoms with Crippen molar-refractivity contribution < 1.29 is 33.4 Å². The molecule has 5 rings (SSSR count). The molecule has 0 spiro atoms. The molecule has 4 amide bonds. The van der Waals surface area contributed by atoms with E-state index in [0.717, 1.165) is 153 Å². The molecule has 0 unspecified atom stereocenters. The molecule has 27 heteroatoms. The molecule has 4 atom stereocenters. The van der Waals surface area contributed by atoms with Gasteiger partial charge < -0.3 is 67.0 Å². The van der Waals surface area contributed by atoms with E-state index in [4.69, 9.17) is 52.8 Å². The second-order valence-electron chi connectivity index (χ2n) is 25.7. The number of terminal acetylenes is 1. The Morgan fingerprint density at radius 1 is 0.558 bits per heavy atom. The van der Waals surface area contributed by atoms with Crippen LogP contribution in [0.25, 0.3) is 0 Å². The number of rotatable bonds is 53. The number of aliphatic imine (C=N–C) groups is 1. The largest absolute Gasteiger partial charge is 0.377 e. The highest BCUT2D eigenvalue weighted by molar-refractivity contribution is 5.81. The minimum atomic E-state index is -0.473. The molecule has 534 valence electrons. The number of anilines is 3. The van der Waals surface area contributed by atoms with Crippen LogP contribution >= 0.6 is 0 Å². The average Bonchev–Trinajstić information content (AvgIpc) is 1.46. The molecule has 2 fully saturated rings. The first kappa shape index (κ1) is 78.9. The van der Waals surface area contributed by atoms with Crippen LogP contribution in [-0.2, 0) is 46.2 Å². The molecule has 2 aliphatic rings. The Hall–Kier alpha value is -6.76. The molecule has 5 heterocycles. The predicted octanol–water partition coefficient (Wildman–Crippen LogP) is 6.54. The first-order valence-corrected chi connectivity index (χ1v) is 36.2. The fourth-order valence-electron chi connectivity index (χ4n) is 11.6. The fourth-order valence-corrected chi connectivity index (χ4v) is 11.6. The SMILES string of the molecule is C#CCOCCOCCOCCNc1nc(N2CCN(C(=O)CCCCCCCCCCNC(=O)[C@@H](CCCCN)n3cc(C[C@@H](C)CC)nn3)CC2)nc(N2CCN(C(=O)CCCCCCCCCCNC(=O)[C@H](CCCN=C(N)N)n3cc(C[C@@H](C)CC)nn3)CC2)n1. The second-order valence-corrected chi connectivity index (χ2v) is 25.7. The summed E-state index contributed by atoms with van der Waals surface area (Å²) in [4.78, 5) is 80.5. The van der Waals surface area contributed by atoms with Gasteiger partial charge in [-0.3, -0.25) is 24.2 Å². The number of amides is 4. The van der Waals surface area contributed by atoms with Crippen molar-refractivity contribution in [1.82, 2.24) is 65.4 Å². The Bertz CT molecular complexity index is 2650. The number of hydrogen-bond acceptors (Lipinski definition) is 19. The number of nitrogens with two attached hydrogens (primary N) is 3. The molecule has 0 aromatic carbocycles. The molecule has 0 radical (unpaired) electrons. The lowest BCUT2D eigenvalue weighted by molar-refractivity contribution is -0.132. The first-order valence-electron chi connectivity index (χ1n) is 36.2. The highest BCUT2D eigenvalue weighted by atomic mass is 16.5. The summed E-state index contributed by atoms with van der Waals surface area (Å²) < 4.78 is 20.0. The molecule has 3 aromatic rings. The quantitative estimate of drug-likeness (QED) is 0.0151. The molecule has 3 aromatic heterocycles. The number of hydrogen-bond donors (Lipinski definition) is 6. The van der Waals surface area contributed by atoms with Crippen LogP contribution in [0.5, 0.6) is 0 Å². The molecule has 0 aliphatic carbocycles. The van der Waals surface area contributed by atoms with Crippen molar-refractivity contribution in [2.75, 3.05) is 140 Å². The summed E-state index contributed by atoms with van der Waals surface area (Å²) in [6.45, 7) is 18.7. The van der Waals surface area contributed by atoms with Gasteiger partial charge in [0.1, 0.15) is 18.7 Å². The third-order valence-electron chi connectivity index (χ3n) is 17.9. The monoisotopic (exact) mass is 1330 g/mol. The number of unbranched alkanes of at least 4 members (excludes halogenated alkanes) is 15. The summed E-state index contributed by atoms with van der Waals surface area (Å²) in [5.41, 5.74) is 18.6. The number of nitrogens with one attached hydrogen (secondary N) is 3. The minimum absolute atomic E-state index is 0.0000484. The number of carbonyl (C=O) groups is 4. The maximum atomic E-state index is 13.4. The van der Waals surface area contributed by atoms with Gasteiger partial charge >= 0.3 is 0 Å². The molecule has 27 nitrogen and oxygen atoms in total. The van der Waals surface area contributed by atoms with E-state index >= 15 is 0 Å². The van der Waals surface area contributed by atoms with Gasteiger partial charge in [0.25, 0.3) is 0 Å². The van der Waals surface area contributed by atoms with Crippen LogP contribution < -0.4 is 43.0 Å². The average molecular weight is 1330 g/mol. The Labute approximate surface area is 567 Å². The standard InChI is InChI=1S/C68H120N20O7/c1-6-45-93-47-49-95-50-48-94-46-36-75-66-76-67(85-41-37-83(38-42-85)61(89)30-21-17-13-9-11-15-19-25-33-72-63(91)59(28-23-24-32-69)87-53-57(79-81-87)51-55(4)7-2)78-68(77-66)86-43-39-84(40-44-86)62(90)31-22-18-14-10-12-16-20-26-34-73-64(92)60(29-27-35-74-65(70)71)88-54-58(80-82-88)52-56(5)8-3/h1,53-56,59-60H,7-52,69H2,2-5H3,(H,72,91)(H,73,92)(H4,70,71,74)(H,75,76,77,78)/t55-,56-,59+,60-/m0/s1. The van der Waals surface area contributed by atoms with Gasteiger partial charge in [0.05, 0.1) is 44.4 Å². The summed E-state index contributed by atoms with van der Waals surface area (Å²) in [5, 5.41) is 27.0. The third kappa shape index (κ3) is 32.2. The Balaban J connectivity index is 0.963. The van der Waals surface area contributed by atoms with Crippen molar-refractivity contribution in [3.63, 3.8) is 0 Å². The lowest BCUT2D eigenvalue weighted by Gasteiger charge is -2.36. The van der Waals surface area contributed by atoms with Crippen LogP contribution in [0.2, 0.25) is 0 Å². The van der Waals surface area contributed by atoms with Crippen LogP contribution in [-0.4, -0.2) is 209 Å². The summed E-state index contributed by atoms with van der Waals surface area (Å²) >= 11 is 0. The van der Waals surface area contributed by atoms with Crippen LogP contribution in [0.3, 0.4) is 0 Å². The first-order chi connectivity index (χ1) is 46.3. The van der Waals surface area contributed by atoms with E-state index in [-0.39, 0.29) is 42.2 Å². The van der Waals surface area contributed by atoms with Crippen LogP contribution in [0.15, 0.2) is 17.4 Å². The van der Waals surface area contributed by atoms with E-state index in [1.54, 1.807) is 9.36 Å². The van der Waals surface area contributed by atoms with Crippen molar-refractivity contribution in [3.8, 4) is 12.3 Å². The number of piperazine rings is 2. The maximum absolute atomic E-state index is 13.4. The molecular weight excluding hydrogens is 1210 g/mol. The van der Waals surface area contributed by atoms with E-state index in [1.807, 2.05) is 22.2 Å². The van der Waals surface area contributed by atoms with Crippen LogP contribution in [0.4, 0.5) is 17.8 Å².